The Kier molecular flexibility index (Phi) is 5.24. The SMILES string of the molecule is CCCS(=O)(=O)n1ccc(-c2ccc(C(=O)N(c3ccccc3)C3CC3)cc2)n1. The molecule has 0 N–H and O–H groups in total. The molecule has 1 saturated carbocycles. The minimum Gasteiger partial charge on any atom is -0.305 e. The quantitative estimate of drug-likeness (QED) is 0.592. The number of hydrogen-bond donors (Lipinski definition) is 0. The molecular formula is C22H23N3O3S. The molecule has 0 spiro atoms. The monoisotopic (exact) mass is 409 g/mol. The van der Waals surface area contributed by atoms with Crippen LogP contribution in [-0.2, 0) is 10.0 Å². The molecule has 0 saturated heterocycles. The number of benzene rings is 2. The Hall–Kier alpha value is -2.93. The van der Waals surface area contributed by atoms with Gasteiger partial charge in [-0.1, -0.05) is 37.3 Å². The molecule has 0 radical (unpaired) electrons. The summed E-state index contributed by atoms with van der Waals surface area (Å²) in [4.78, 5) is 15.0. The van der Waals surface area contributed by atoms with E-state index in [9.17, 15) is 13.2 Å². The van der Waals surface area contributed by atoms with Crippen molar-refractivity contribution >= 4 is 21.6 Å². The van der Waals surface area contributed by atoms with Crippen LogP contribution in [-0.4, -0.2) is 35.3 Å². The van der Waals surface area contributed by atoms with Gasteiger partial charge in [0.05, 0.1) is 11.4 Å². The molecule has 1 aromatic heterocycles. The van der Waals surface area contributed by atoms with Gasteiger partial charge in [-0.15, -0.1) is 0 Å². The first-order chi connectivity index (χ1) is 14.0. The first kappa shape index (κ1) is 19.4. The smallest absolute Gasteiger partial charge is 0.258 e. The van der Waals surface area contributed by atoms with Gasteiger partial charge in [-0.05, 0) is 49.6 Å². The van der Waals surface area contributed by atoms with Crippen LogP contribution in [0.5, 0.6) is 0 Å². The molecular weight excluding hydrogens is 386 g/mol. The van der Waals surface area contributed by atoms with Gasteiger partial charge in [0.25, 0.3) is 15.9 Å². The van der Waals surface area contributed by atoms with Crippen LogP contribution >= 0.6 is 0 Å². The van der Waals surface area contributed by atoms with Crippen LogP contribution < -0.4 is 4.90 Å². The normalized spacial score (nSPS) is 14.0. The Bertz CT molecular complexity index is 1100. The highest BCUT2D eigenvalue weighted by molar-refractivity contribution is 7.89. The maximum Gasteiger partial charge on any atom is 0.258 e. The fourth-order valence-corrected chi connectivity index (χ4v) is 4.47. The molecule has 7 heteroatoms. The lowest BCUT2D eigenvalue weighted by Gasteiger charge is -2.22. The fraction of sp³-hybridized carbons (Fsp3) is 0.273. The summed E-state index contributed by atoms with van der Waals surface area (Å²) in [6, 6.07) is 18.8. The molecule has 2 aromatic carbocycles. The zero-order valence-electron chi connectivity index (χ0n) is 16.2. The minimum absolute atomic E-state index is 0.0266. The van der Waals surface area contributed by atoms with Crippen molar-refractivity contribution < 1.29 is 13.2 Å². The highest BCUT2D eigenvalue weighted by atomic mass is 32.2. The number of carbonyl (C=O) groups excluding carboxylic acids is 1. The van der Waals surface area contributed by atoms with Crippen LogP contribution in [0.25, 0.3) is 11.3 Å². The number of aromatic nitrogens is 2. The molecule has 3 aromatic rings. The van der Waals surface area contributed by atoms with Crippen LogP contribution in [0.15, 0.2) is 66.9 Å². The van der Waals surface area contributed by atoms with Gasteiger partial charge in [-0.2, -0.15) is 9.19 Å². The summed E-state index contributed by atoms with van der Waals surface area (Å²) in [7, 11) is -3.42. The van der Waals surface area contributed by atoms with Gasteiger partial charge in [-0.3, -0.25) is 4.79 Å². The highest BCUT2D eigenvalue weighted by Crippen LogP contribution is 2.33. The summed E-state index contributed by atoms with van der Waals surface area (Å²) < 4.78 is 25.3. The predicted molar refractivity (Wildman–Crippen MR) is 113 cm³/mol. The third-order valence-electron chi connectivity index (χ3n) is 4.91. The standard InChI is InChI=1S/C22H23N3O3S/c1-2-16-29(27,28)24-15-14-21(23-24)17-8-10-18(11-9-17)22(26)25(20-12-13-20)19-6-4-3-5-7-19/h3-11,14-15,20H,2,12-13,16H2,1H3. The Labute approximate surface area is 170 Å². The third kappa shape index (κ3) is 4.10. The number of carbonyl (C=O) groups is 1. The van der Waals surface area contributed by atoms with E-state index in [1.807, 2.05) is 54.3 Å². The molecule has 6 nitrogen and oxygen atoms in total. The molecule has 29 heavy (non-hydrogen) atoms. The van der Waals surface area contributed by atoms with Crippen molar-refractivity contribution in [1.82, 2.24) is 9.19 Å². The molecule has 0 atom stereocenters. The van der Waals surface area contributed by atoms with E-state index in [2.05, 4.69) is 5.10 Å². The molecule has 0 aliphatic heterocycles. The molecule has 1 aliphatic rings. The zero-order valence-corrected chi connectivity index (χ0v) is 17.0. The number of hydrogen-bond acceptors (Lipinski definition) is 4. The van der Waals surface area contributed by atoms with Gasteiger partial charge in [0.2, 0.25) is 0 Å². The summed E-state index contributed by atoms with van der Waals surface area (Å²) in [6.45, 7) is 1.82. The maximum atomic E-state index is 13.1. The Morgan fingerprint density at radius 3 is 2.38 bits per heavy atom. The molecule has 1 aliphatic carbocycles. The van der Waals surface area contributed by atoms with E-state index in [0.29, 0.717) is 17.7 Å². The number of anilines is 1. The van der Waals surface area contributed by atoms with Crippen molar-refractivity contribution in [2.45, 2.75) is 32.2 Å². The molecule has 4 rings (SSSR count). The van der Waals surface area contributed by atoms with Gasteiger partial charge in [0, 0.05) is 29.1 Å². The molecule has 150 valence electrons. The second-order valence-corrected chi connectivity index (χ2v) is 9.15. The van der Waals surface area contributed by atoms with Gasteiger partial charge in [-0.25, -0.2) is 8.42 Å². The average Bonchev–Trinajstić information content (AvgIpc) is 3.42. The van der Waals surface area contributed by atoms with Gasteiger partial charge >= 0.3 is 0 Å². The van der Waals surface area contributed by atoms with E-state index >= 15 is 0 Å². The second kappa shape index (κ2) is 7.83. The molecule has 0 unspecified atom stereocenters. The van der Waals surface area contributed by atoms with Gasteiger partial charge in [0.1, 0.15) is 0 Å². The first-order valence-electron chi connectivity index (χ1n) is 9.77. The lowest BCUT2D eigenvalue weighted by molar-refractivity contribution is 0.0985. The van der Waals surface area contributed by atoms with Crippen LogP contribution in [0.1, 0.15) is 36.5 Å². The molecule has 0 bridgehead atoms. The number of nitrogens with zero attached hydrogens (tertiary/aromatic N) is 3. The largest absolute Gasteiger partial charge is 0.305 e. The lowest BCUT2D eigenvalue weighted by atomic mass is 10.1. The first-order valence-corrected chi connectivity index (χ1v) is 11.4. The lowest BCUT2D eigenvalue weighted by Crippen LogP contribution is -2.32. The highest BCUT2D eigenvalue weighted by Gasteiger charge is 2.34. The van der Waals surface area contributed by atoms with E-state index in [4.69, 9.17) is 0 Å². The van der Waals surface area contributed by atoms with E-state index in [0.717, 1.165) is 28.2 Å². The van der Waals surface area contributed by atoms with E-state index in [-0.39, 0.29) is 17.7 Å². The van der Waals surface area contributed by atoms with Crippen LogP contribution in [0.3, 0.4) is 0 Å². The van der Waals surface area contributed by atoms with Crippen molar-refractivity contribution in [3.63, 3.8) is 0 Å². The molecule has 1 fully saturated rings. The summed E-state index contributed by atoms with van der Waals surface area (Å²) in [5, 5.41) is 4.20. The van der Waals surface area contributed by atoms with Gasteiger partial charge < -0.3 is 4.90 Å². The molecule has 1 heterocycles. The van der Waals surface area contributed by atoms with Crippen LogP contribution in [0.2, 0.25) is 0 Å². The Morgan fingerprint density at radius 1 is 1.07 bits per heavy atom. The van der Waals surface area contributed by atoms with Crippen molar-refractivity contribution in [3.8, 4) is 11.3 Å². The van der Waals surface area contributed by atoms with Crippen molar-refractivity contribution in [2.24, 2.45) is 0 Å². The maximum absolute atomic E-state index is 13.1. The Balaban J connectivity index is 1.57. The van der Waals surface area contributed by atoms with Crippen LogP contribution in [0.4, 0.5) is 5.69 Å². The van der Waals surface area contributed by atoms with Crippen LogP contribution in [0, 0.1) is 0 Å². The summed E-state index contributed by atoms with van der Waals surface area (Å²) in [6.07, 6.45) is 4.03. The second-order valence-electron chi connectivity index (χ2n) is 7.21. The van der Waals surface area contributed by atoms with Crippen molar-refractivity contribution in [3.05, 3.63) is 72.4 Å². The van der Waals surface area contributed by atoms with E-state index < -0.39 is 10.0 Å². The van der Waals surface area contributed by atoms with E-state index in [1.165, 1.54) is 6.20 Å². The summed E-state index contributed by atoms with van der Waals surface area (Å²) >= 11 is 0. The predicted octanol–water partition coefficient (Wildman–Crippen LogP) is 3.95. The number of amides is 1. The number of para-hydroxylation sites is 1. The Morgan fingerprint density at radius 2 is 1.76 bits per heavy atom. The van der Waals surface area contributed by atoms with Gasteiger partial charge in [0.15, 0.2) is 0 Å². The summed E-state index contributed by atoms with van der Waals surface area (Å²) in [5.41, 5.74) is 2.84. The summed E-state index contributed by atoms with van der Waals surface area (Å²) in [5.74, 6) is 0.0270. The van der Waals surface area contributed by atoms with Crippen molar-refractivity contribution in [2.75, 3.05) is 10.7 Å². The minimum atomic E-state index is -3.42. The number of rotatable bonds is 7. The van der Waals surface area contributed by atoms with Crippen molar-refractivity contribution in [1.29, 1.82) is 0 Å². The molecule has 1 amide bonds. The third-order valence-corrected chi connectivity index (χ3v) is 6.60. The zero-order chi connectivity index (χ0) is 20.4. The topological polar surface area (TPSA) is 72.3 Å². The average molecular weight is 410 g/mol. The van der Waals surface area contributed by atoms with E-state index in [1.54, 1.807) is 18.2 Å². The fourth-order valence-electron chi connectivity index (χ4n) is 3.31.